The average molecular weight is 325 g/mol. The first-order valence-corrected chi connectivity index (χ1v) is 8.39. The normalized spacial score (nSPS) is 14.4. The van der Waals surface area contributed by atoms with Crippen molar-refractivity contribution in [2.24, 2.45) is 0 Å². The number of rotatable bonds is 5. The number of benzene rings is 2. The minimum Gasteiger partial charge on any atom is -0.497 e. The highest BCUT2D eigenvalue weighted by molar-refractivity contribution is 5.94. The Morgan fingerprint density at radius 1 is 1.12 bits per heavy atom. The molecule has 4 heteroatoms. The third-order valence-electron chi connectivity index (χ3n) is 4.36. The zero-order valence-electron chi connectivity index (χ0n) is 14.2. The van der Waals surface area contributed by atoms with E-state index in [2.05, 4.69) is 11.4 Å². The van der Waals surface area contributed by atoms with Gasteiger partial charge in [0.15, 0.2) is 6.10 Å². The van der Waals surface area contributed by atoms with Crippen molar-refractivity contribution in [2.75, 3.05) is 12.4 Å². The lowest BCUT2D eigenvalue weighted by Crippen LogP contribution is -2.30. The number of methoxy groups -OCH3 is 1. The fraction of sp³-hybridized carbons (Fsp3) is 0.350. The second-order valence-electron chi connectivity index (χ2n) is 6.08. The Morgan fingerprint density at radius 3 is 2.75 bits per heavy atom. The molecule has 4 nitrogen and oxygen atoms in total. The van der Waals surface area contributed by atoms with E-state index in [4.69, 9.17) is 9.47 Å². The number of ether oxygens (including phenoxy) is 2. The van der Waals surface area contributed by atoms with E-state index in [0.717, 1.165) is 18.6 Å². The van der Waals surface area contributed by atoms with Crippen molar-refractivity contribution in [3.8, 4) is 11.5 Å². The van der Waals surface area contributed by atoms with Gasteiger partial charge in [0, 0.05) is 11.8 Å². The molecule has 24 heavy (non-hydrogen) atoms. The Labute approximate surface area is 142 Å². The summed E-state index contributed by atoms with van der Waals surface area (Å²) in [7, 11) is 1.60. The Bertz CT molecular complexity index is 727. The Kier molecular flexibility index (Phi) is 5.04. The van der Waals surface area contributed by atoms with Crippen molar-refractivity contribution in [1.29, 1.82) is 0 Å². The van der Waals surface area contributed by atoms with Crippen molar-refractivity contribution in [1.82, 2.24) is 0 Å². The third-order valence-corrected chi connectivity index (χ3v) is 4.36. The van der Waals surface area contributed by atoms with E-state index in [1.165, 1.54) is 24.0 Å². The van der Waals surface area contributed by atoms with Gasteiger partial charge in [-0.3, -0.25) is 4.79 Å². The molecule has 0 aromatic heterocycles. The predicted molar refractivity (Wildman–Crippen MR) is 94.8 cm³/mol. The highest BCUT2D eigenvalue weighted by atomic mass is 16.5. The van der Waals surface area contributed by atoms with Crippen LogP contribution in [0.3, 0.4) is 0 Å². The van der Waals surface area contributed by atoms with Gasteiger partial charge in [0.25, 0.3) is 5.91 Å². The Hall–Kier alpha value is -2.49. The third kappa shape index (κ3) is 3.70. The molecule has 0 spiro atoms. The molecular formula is C20H23NO3. The average Bonchev–Trinajstić information content (AvgIpc) is 2.62. The number of hydrogen-bond acceptors (Lipinski definition) is 3. The first kappa shape index (κ1) is 16.4. The molecule has 1 aliphatic carbocycles. The van der Waals surface area contributed by atoms with Gasteiger partial charge in [-0.1, -0.05) is 18.2 Å². The van der Waals surface area contributed by atoms with Gasteiger partial charge in [-0.25, -0.2) is 0 Å². The number of aryl methyl sites for hydroxylation is 1. The summed E-state index contributed by atoms with van der Waals surface area (Å²) in [4.78, 5) is 12.4. The maximum atomic E-state index is 12.4. The molecule has 1 atom stereocenters. The fourth-order valence-electron chi connectivity index (χ4n) is 3.05. The van der Waals surface area contributed by atoms with Gasteiger partial charge in [0.1, 0.15) is 11.5 Å². The number of fused-ring (bicyclic) bond motifs is 1. The largest absolute Gasteiger partial charge is 0.497 e. The smallest absolute Gasteiger partial charge is 0.265 e. The van der Waals surface area contributed by atoms with E-state index in [9.17, 15) is 4.79 Å². The van der Waals surface area contributed by atoms with Crippen LogP contribution in [-0.2, 0) is 17.6 Å². The molecule has 0 aliphatic heterocycles. The van der Waals surface area contributed by atoms with Gasteiger partial charge in [-0.2, -0.15) is 0 Å². The molecule has 3 rings (SSSR count). The molecule has 0 bridgehead atoms. The van der Waals surface area contributed by atoms with Crippen LogP contribution in [0.1, 0.15) is 30.9 Å². The van der Waals surface area contributed by atoms with Crippen molar-refractivity contribution >= 4 is 11.6 Å². The molecule has 0 radical (unpaired) electrons. The molecule has 1 amide bonds. The summed E-state index contributed by atoms with van der Waals surface area (Å²) in [6.07, 6.45) is 3.96. The molecule has 0 heterocycles. The van der Waals surface area contributed by atoms with Gasteiger partial charge < -0.3 is 14.8 Å². The zero-order chi connectivity index (χ0) is 16.9. The van der Waals surface area contributed by atoms with Crippen molar-refractivity contribution < 1.29 is 14.3 Å². The summed E-state index contributed by atoms with van der Waals surface area (Å²) in [6, 6.07) is 13.4. The summed E-state index contributed by atoms with van der Waals surface area (Å²) in [5.41, 5.74) is 3.30. The second-order valence-corrected chi connectivity index (χ2v) is 6.08. The van der Waals surface area contributed by atoms with Crippen LogP contribution >= 0.6 is 0 Å². The quantitative estimate of drug-likeness (QED) is 0.904. The van der Waals surface area contributed by atoms with Crippen LogP contribution in [0.2, 0.25) is 0 Å². The highest BCUT2D eigenvalue weighted by Gasteiger charge is 2.19. The number of nitrogens with one attached hydrogen (secondary N) is 1. The Balaban J connectivity index is 1.68. The molecule has 2 aromatic rings. The number of amides is 1. The molecule has 126 valence electrons. The summed E-state index contributed by atoms with van der Waals surface area (Å²) in [6.45, 7) is 1.78. The first-order valence-electron chi connectivity index (χ1n) is 8.39. The van der Waals surface area contributed by atoms with Gasteiger partial charge in [0.2, 0.25) is 0 Å². The lowest BCUT2D eigenvalue weighted by Gasteiger charge is -2.22. The number of carbonyl (C=O) groups excluding carboxylic acids is 1. The summed E-state index contributed by atoms with van der Waals surface area (Å²) < 4.78 is 11.1. The van der Waals surface area contributed by atoms with E-state index >= 15 is 0 Å². The van der Waals surface area contributed by atoms with Crippen molar-refractivity contribution in [2.45, 2.75) is 38.7 Å². The van der Waals surface area contributed by atoms with Crippen molar-refractivity contribution in [3.05, 3.63) is 53.6 Å². The second kappa shape index (κ2) is 7.39. The van der Waals surface area contributed by atoms with Crippen LogP contribution in [0.4, 0.5) is 5.69 Å². The standard InChI is InChI=1S/C20H23NO3/c1-14(20(22)21-16-9-6-10-17(13-16)23-2)24-19-12-5-8-15-7-3-4-11-18(15)19/h5-6,8-10,12-14H,3-4,7,11H2,1-2H3,(H,21,22). The van der Waals surface area contributed by atoms with E-state index in [0.29, 0.717) is 11.4 Å². The van der Waals surface area contributed by atoms with Crippen LogP contribution in [0.15, 0.2) is 42.5 Å². The molecule has 1 aliphatic rings. The van der Waals surface area contributed by atoms with Crippen LogP contribution in [-0.4, -0.2) is 19.1 Å². The SMILES string of the molecule is COc1cccc(NC(=O)C(C)Oc2cccc3c2CCCC3)c1. The minimum absolute atomic E-state index is 0.170. The summed E-state index contributed by atoms with van der Waals surface area (Å²) >= 11 is 0. The molecule has 0 fully saturated rings. The zero-order valence-corrected chi connectivity index (χ0v) is 14.2. The lowest BCUT2D eigenvalue weighted by atomic mass is 9.91. The van der Waals surface area contributed by atoms with E-state index < -0.39 is 6.10 Å². The van der Waals surface area contributed by atoms with Crippen LogP contribution in [0, 0.1) is 0 Å². The topological polar surface area (TPSA) is 47.6 Å². The van der Waals surface area contributed by atoms with E-state index in [1.54, 1.807) is 20.1 Å². The number of anilines is 1. The molecular weight excluding hydrogens is 302 g/mol. The Morgan fingerprint density at radius 2 is 1.92 bits per heavy atom. The fourth-order valence-corrected chi connectivity index (χ4v) is 3.05. The highest BCUT2D eigenvalue weighted by Crippen LogP contribution is 2.30. The molecule has 0 saturated carbocycles. The van der Waals surface area contributed by atoms with Crippen LogP contribution < -0.4 is 14.8 Å². The number of carbonyl (C=O) groups is 1. The van der Waals surface area contributed by atoms with Gasteiger partial charge in [-0.05, 0) is 61.9 Å². The predicted octanol–water partition coefficient (Wildman–Crippen LogP) is 3.98. The van der Waals surface area contributed by atoms with Gasteiger partial charge in [0.05, 0.1) is 7.11 Å². The lowest BCUT2D eigenvalue weighted by molar-refractivity contribution is -0.122. The minimum atomic E-state index is -0.565. The number of hydrogen-bond donors (Lipinski definition) is 1. The van der Waals surface area contributed by atoms with E-state index in [-0.39, 0.29) is 5.91 Å². The maximum Gasteiger partial charge on any atom is 0.265 e. The van der Waals surface area contributed by atoms with Crippen LogP contribution in [0.25, 0.3) is 0 Å². The summed E-state index contributed by atoms with van der Waals surface area (Å²) in [5.74, 6) is 1.37. The van der Waals surface area contributed by atoms with Gasteiger partial charge >= 0.3 is 0 Å². The molecule has 1 N–H and O–H groups in total. The summed E-state index contributed by atoms with van der Waals surface area (Å²) in [5, 5.41) is 2.87. The molecule has 1 unspecified atom stereocenters. The molecule has 0 saturated heterocycles. The monoisotopic (exact) mass is 325 g/mol. The van der Waals surface area contributed by atoms with Crippen LogP contribution in [0.5, 0.6) is 11.5 Å². The van der Waals surface area contributed by atoms with E-state index in [1.807, 2.05) is 30.3 Å². The maximum absolute atomic E-state index is 12.4. The molecule has 2 aromatic carbocycles. The van der Waals surface area contributed by atoms with Gasteiger partial charge in [-0.15, -0.1) is 0 Å². The van der Waals surface area contributed by atoms with Crippen molar-refractivity contribution in [3.63, 3.8) is 0 Å². The first-order chi connectivity index (χ1) is 11.7.